The van der Waals surface area contributed by atoms with Crippen LogP contribution in [0.4, 0.5) is 11.5 Å². The lowest BCUT2D eigenvalue weighted by atomic mass is 9.88. The van der Waals surface area contributed by atoms with Crippen molar-refractivity contribution in [3.63, 3.8) is 0 Å². The van der Waals surface area contributed by atoms with Crippen molar-refractivity contribution in [1.29, 1.82) is 0 Å². The number of nitrogens with one attached hydrogen (secondary N) is 1. The van der Waals surface area contributed by atoms with E-state index in [1.165, 1.54) is 23.4 Å². The van der Waals surface area contributed by atoms with Gasteiger partial charge >= 0.3 is 5.82 Å². The van der Waals surface area contributed by atoms with Gasteiger partial charge in [0.05, 0.1) is 5.69 Å². The Hall–Kier alpha value is -2.43. The largest absolute Gasteiger partial charge is 0.379 e. The number of anilines is 1. The molecule has 1 N–H and O–H groups in total. The summed E-state index contributed by atoms with van der Waals surface area (Å²) in [6, 6.07) is 12.0. The van der Waals surface area contributed by atoms with Crippen molar-refractivity contribution in [2.75, 3.05) is 5.32 Å². The van der Waals surface area contributed by atoms with Crippen molar-refractivity contribution >= 4 is 11.5 Å². The number of nitro groups is 1. The summed E-state index contributed by atoms with van der Waals surface area (Å²) in [6.07, 6.45) is 4.63. The van der Waals surface area contributed by atoms with E-state index in [0.29, 0.717) is 6.04 Å². The van der Waals surface area contributed by atoms with Crippen molar-refractivity contribution in [2.45, 2.75) is 25.3 Å². The van der Waals surface area contributed by atoms with Crippen LogP contribution in [0.25, 0.3) is 0 Å². The predicted octanol–water partition coefficient (Wildman–Crippen LogP) is 2.96. The molecule has 0 aliphatic heterocycles. The van der Waals surface area contributed by atoms with Gasteiger partial charge in [-0.2, -0.15) is 0 Å². The zero-order valence-corrected chi connectivity index (χ0v) is 11.0. The Morgan fingerprint density at radius 2 is 2.00 bits per heavy atom. The lowest BCUT2D eigenvalue weighted by Gasteiger charge is -2.25. The molecule has 1 atom stereocenters. The zero-order chi connectivity index (χ0) is 13.9. The minimum atomic E-state index is -0.485. The predicted molar refractivity (Wildman–Crippen MR) is 76.8 cm³/mol. The first-order valence-electron chi connectivity index (χ1n) is 6.66. The highest BCUT2D eigenvalue weighted by atomic mass is 16.6. The van der Waals surface area contributed by atoms with E-state index < -0.39 is 4.92 Å². The van der Waals surface area contributed by atoms with Crippen molar-refractivity contribution in [2.24, 2.45) is 0 Å². The first-order chi connectivity index (χ1) is 9.72. The van der Waals surface area contributed by atoms with Gasteiger partial charge in [-0.15, -0.1) is 0 Å². The molecule has 0 bridgehead atoms. The van der Waals surface area contributed by atoms with Gasteiger partial charge in [0.2, 0.25) is 0 Å². The summed E-state index contributed by atoms with van der Waals surface area (Å²) in [5.41, 5.74) is 3.64. The molecule has 0 spiro atoms. The van der Waals surface area contributed by atoms with Gasteiger partial charge in [0.25, 0.3) is 0 Å². The molecule has 5 nitrogen and oxygen atoms in total. The van der Waals surface area contributed by atoms with Gasteiger partial charge in [-0.25, -0.2) is 0 Å². The molecule has 0 amide bonds. The van der Waals surface area contributed by atoms with E-state index >= 15 is 0 Å². The van der Waals surface area contributed by atoms with Gasteiger partial charge in [-0.05, 0) is 46.4 Å². The molecule has 20 heavy (non-hydrogen) atoms. The molecule has 102 valence electrons. The maximum atomic E-state index is 10.6. The van der Waals surface area contributed by atoms with E-state index in [0.717, 1.165) is 24.9 Å². The van der Waals surface area contributed by atoms with Crippen molar-refractivity contribution in [1.82, 2.24) is 4.98 Å². The second-order valence-electron chi connectivity index (χ2n) is 5.01. The monoisotopic (exact) mass is 269 g/mol. The van der Waals surface area contributed by atoms with Crippen molar-refractivity contribution < 1.29 is 4.92 Å². The van der Waals surface area contributed by atoms with E-state index in [-0.39, 0.29) is 5.82 Å². The van der Waals surface area contributed by atoms with E-state index in [1.807, 2.05) is 0 Å². The van der Waals surface area contributed by atoms with Gasteiger partial charge in [0.1, 0.15) is 0 Å². The third kappa shape index (κ3) is 2.61. The van der Waals surface area contributed by atoms with Crippen LogP contribution in [0.5, 0.6) is 0 Å². The topological polar surface area (TPSA) is 68.1 Å². The zero-order valence-electron chi connectivity index (χ0n) is 11.0. The third-order valence-electron chi connectivity index (χ3n) is 3.65. The van der Waals surface area contributed by atoms with Crippen molar-refractivity contribution in [3.05, 3.63) is 63.8 Å². The van der Waals surface area contributed by atoms with Crippen LogP contribution in [-0.4, -0.2) is 15.9 Å². The SMILES string of the molecule is O=[N+]([O-])c1ccc(NC2CCc3ccccc3C2)cn1. The summed E-state index contributed by atoms with van der Waals surface area (Å²) in [5, 5.41) is 14.0. The summed E-state index contributed by atoms with van der Waals surface area (Å²) >= 11 is 0. The molecular formula is C15H15N3O2. The van der Waals surface area contributed by atoms with Crippen LogP contribution < -0.4 is 5.32 Å². The molecule has 2 aromatic rings. The molecule has 1 unspecified atom stereocenters. The fraction of sp³-hybridized carbons (Fsp3) is 0.267. The quantitative estimate of drug-likeness (QED) is 0.687. The Bertz CT molecular complexity index is 625. The first-order valence-corrected chi connectivity index (χ1v) is 6.66. The van der Waals surface area contributed by atoms with Crippen LogP contribution in [0.1, 0.15) is 17.5 Å². The van der Waals surface area contributed by atoms with Crippen LogP contribution in [0.15, 0.2) is 42.6 Å². The number of pyridine rings is 1. The Labute approximate surface area is 116 Å². The third-order valence-corrected chi connectivity index (χ3v) is 3.65. The second kappa shape index (κ2) is 5.28. The molecule has 3 rings (SSSR count). The number of hydrogen-bond acceptors (Lipinski definition) is 4. The Kier molecular flexibility index (Phi) is 3.33. The Balaban J connectivity index is 1.69. The van der Waals surface area contributed by atoms with E-state index in [2.05, 4.69) is 34.6 Å². The minimum absolute atomic E-state index is 0.121. The Morgan fingerprint density at radius 1 is 1.20 bits per heavy atom. The fourth-order valence-electron chi connectivity index (χ4n) is 2.64. The second-order valence-corrected chi connectivity index (χ2v) is 5.01. The fourth-order valence-corrected chi connectivity index (χ4v) is 2.64. The molecule has 1 heterocycles. The molecule has 5 heteroatoms. The van der Waals surface area contributed by atoms with Crippen LogP contribution in [0.3, 0.4) is 0 Å². The molecule has 1 aliphatic carbocycles. The lowest BCUT2D eigenvalue weighted by molar-refractivity contribution is -0.389. The number of benzene rings is 1. The van der Waals surface area contributed by atoms with Gasteiger partial charge in [0, 0.05) is 12.1 Å². The number of nitrogens with zero attached hydrogens (tertiary/aromatic N) is 2. The Morgan fingerprint density at radius 3 is 2.70 bits per heavy atom. The maximum absolute atomic E-state index is 10.6. The number of aromatic nitrogens is 1. The summed E-state index contributed by atoms with van der Waals surface area (Å²) < 4.78 is 0. The number of hydrogen-bond donors (Lipinski definition) is 1. The standard InChI is InChI=1S/C15H15N3O2/c19-18(20)15-8-7-14(10-16-15)17-13-6-5-11-3-1-2-4-12(11)9-13/h1-4,7-8,10,13,17H,5-6,9H2. The number of aryl methyl sites for hydroxylation is 1. The molecule has 0 saturated heterocycles. The highest BCUT2D eigenvalue weighted by Gasteiger charge is 2.18. The minimum Gasteiger partial charge on any atom is -0.379 e. The lowest BCUT2D eigenvalue weighted by Crippen LogP contribution is -2.27. The molecule has 1 aliphatic rings. The van der Waals surface area contributed by atoms with Gasteiger partial charge < -0.3 is 15.4 Å². The summed E-state index contributed by atoms with van der Waals surface area (Å²) in [7, 11) is 0. The molecular weight excluding hydrogens is 254 g/mol. The normalized spacial score (nSPS) is 17.3. The highest BCUT2D eigenvalue weighted by molar-refractivity contribution is 5.45. The first kappa shape index (κ1) is 12.6. The molecule has 0 fully saturated rings. The van der Waals surface area contributed by atoms with E-state index in [9.17, 15) is 10.1 Å². The summed E-state index contributed by atoms with van der Waals surface area (Å²) in [4.78, 5) is 13.9. The number of fused-ring (bicyclic) bond motifs is 1. The summed E-state index contributed by atoms with van der Waals surface area (Å²) in [5.74, 6) is -0.121. The molecule has 0 saturated carbocycles. The summed E-state index contributed by atoms with van der Waals surface area (Å²) in [6.45, 7) is 0. The van der Waals surface area contributed by atoms with E-state index in [4.69, 9.17) is 0 Å². The smallest absolute Gasteiger partial charge is 0.363 e. The van der Waals surface area contributed by atoms with Crippen LogP contribution in [-0.2, 0) is 12.8 Å². The van der Waals surface area contributed by atoms with Gasteiger partial charge in [0.15, 0.2) is 6.20 Å². The van der Waals surface area contributed by atoms with Gasteiger partial charge in [-0.3, -0.25) is 0 Å². The van der Waals surface area contributed by atoms with Crippen molar-refractivity contribution in [3.8, 4) is 0 Å². The molecule has 1 aromatic heterocycles. The van der Waals surface area contributed by atoms with Crippen LogP contribution in [0, 0.1) is 10.1 Å². The maximum Gasteiger partial charge on any atom is 0.363 e. The van der Waals surface area contributed by atoms with Gasteiger partial charge in [-0.1, -0.05) is 24.3 Å². The number of rotatable bonds is 3. The molecule has 0 radical (unpaired) electrons. The average molecular weight is 269 g/mol. The average Bonchev–Trinajstić information content (AvgIpc) is 2.48. The molecule has 1 aromatic carbocycles. The van der Waals surface area contributed by atoms with Crippen LogP contribution >= 0.6 is 0 Å². The van der Waals surface area contributed by atoms with E-state index in [1.54, 1.807) is 6.07 Å². The highest BCUT2D eigenvalue weighted by Crippen LogP contribution is 2.23. The van der Waals surface area contributed by atoms with Crippen LogP contribution in [0.2, 0.25) is 0 Å².